The van der Waals surface area contributed by atoms with Gasteiger partial charge in [-0.15, -0.1) is 11.3 Å². The van der Waals surface area contributed by atoms with E-state index in [9.17, 15) is 9.18 Å². The maximum atomic E-state index is 13.3. The van der Waals surface area contributed by atoms with E-state index in [1.54, 1.807) is 24.3 Å². The van der Waals surface area contributed by atoms with Gasteiger partial charge in [0.25, 0.3) is 5.91 Å². The first-order valence-electron chi connectivity index (χ1n) is 6.41. The number of carbonyl (C=O) groups excluding carboxylic acids is 1. The number of fused-ring (bicyclic) bond motifs is 1. The summed E-state index contributed by atoms with van der Waals surface area (Å²) in [5.74, 6) is -0.678. The van der Waals surface area contributed by atoms with Gasteiger partial charge in [-0.3, -0.25) is 4.79 Å². The van der Waals surface area contributed by atoms with Crippen molar-refractivity contribution in [1.82, 2.24) is 0 Å². The monoisotopic (exact) mass is 353 g/mol. The molecule has 0 radical (unpaired) electrons. The van der Waals surface area contributed by atoms with E-state index < -0.39 is 0 Å². The number of nitrogens with one attached hydrogen (secondary N) is 1. The van der Waals surface area contributed by atoms with Crippen LogP contribution in [0.2, 0.25) is 10.0 Å². The van der Waals surface area contributed by atoms with Crippen LogP contribution in [0.3, 0.4) is 0 Å². The summed E-state index contributed by atoms with van der Waals surface area (Å²) in [6.07, 6.45) is 0. The minimum absolute atomic E-state index is 0.322. The maximum absolute atomic E-state index is 13.3. The number of amides is 1. The van der Waals surface area contributed by atoms with E-state index in [-0.39, 0.29) is 11.7 Å². The van der Waals surface area contributed by atoms with Crippen LogP contribution in [0.5, 0.6) is 0 Å². The van der Waals surface area contributed by atoms with Crippen LogP contribution in [0.15, 0.2) is 36.4 Å². The third kappa shape index (κ3) is 2.82. The lowest BCUT2D eigenvalue weighted by Crippen LogP contribution is -2.11. The maximum Gasteiger partial charge on any atom is 0.267 e. The molecule has 0 spiro atoms. The zero-order chi connectivity index (χ0) is 15.9. The highest BCUT2D eigenvalue weighted by Crippen LogP contribution is 2.36. The lowest BCUT2D eigenvalue weighted by Gasteiger charge is -2.07. The fraction of sp³-hybridized carbons (Fsp3) is 0.0625. The van der Waals surface area contributed by atoms with Gasteiger partial charge in [-0.05, 0) is 48.9 Å². The molecule has 3 aromatic rings. The Kier molecular flexibility index (Phi) is 4.08. The lowest BCUT2D eigenvalue weighted by atomic mass is 10.2. The summed E-state index contributed by atoms with van der Waals surface area (Å²) in [5.41, 5.74) is 1.51. The highest BCUT2D eigenvalue weighted by atomic mass is 35.5. The molecule has 1 amide bonds. The predicted molar refractivity (Wildman–Crippen MR) is 90.9 cm³/mol. The van der Waals surface area contributed by atoms with Gasteiger partial charge in [0.05, 0.1) is 5.02 Å². The van der Waals surface area contributed by atoms with Crippen molar-refractivity contribution < 1.29 is 9.18 Å². The Balaban J connectivity index is 1.97. The molecule has 0 aliphatic carbocycles. The van der Waals surface area contributed by atoms with Crippen LogP contribution in [0, 0.1) is 12.7 Å². The standard InChI is InChI=1S/C16H10Cl2FNOS/c1-8-6-9(17)2-5-12(8)20-16(21)15-14(18)11-4-3-10(19)7-13(11)22-15/h2-7H,1H3,(H,20,21). The first kappa shape index (κ1) is 15.3. The number of benzene rings is 2. The Morgan fingerprint density at radius 3 is 2.68 bits per heavy atom. The van der Waals surface area contributed by atoms with Crippen LogP contribution in [-0.2, 0) is 0 Å². The van der Waals surface area contributed by atoms with E-state index in [0.29, 0.717) is 30.7 Å². The third-order valence-corrected chi connectivity index (χ3v) is 5.13. The number of anilines is 1. The van der Waals surface area contributed by atoms with Gasteiger partial charge in [-0.2, -0.15) is 0 Å². The first-order valence-corrected chi connectivity index (χ1v) is 7.98. The van der Waals surface area contributed by atoms with Crippen molar-refractivity contribution in [3.05, 3.63) is 62.7 Å². The molecule has 6 heteroatoms. The van der Waals surface area contributed by atoms with Crippen molar-refractivity contribution in [2.24, 2.45) is 0 Å². The van der Waals surface area contributed by atoms with Crippen molar-refractivity contribution in [2.75, 3.05) is 5.32 Å². The quantitative estimate of drug-likeness (QED) is 0.609. The van der Waals surface area contributed by atoms with Gasteiger partial charge in [0, 0.05) is 20.8 Å². The summed E-state index contributed by atoms with van der Waals surface area (Å²) < 4.78 is 13.9. The topological polar surface area (TPSA) is 29.1 Å². The predicted octanol–water partition coefficient (Wildman–Crippen LogP) is 5.91. The third-order valence-electron chi connectivity index (χ3n) is 3.23. The number of carbonyl (C=O) groups is 1. The molecule has 1 N–H and O–H groups in total. The molecule has 2 aromatic carbocycles. The van der Waals surface area contributed by atoms with Crippen molar-refractivity contribution in [2.45, 2.75) is 6.92 Å². The second-order valence-corrected chi connectivity index (χ2v) is 6.67. The molecular weight excluding hydrogens is 344 g/mol. The van der Waals surface area contributed by atoms with Gasteiger partial charge in [0.2, 0.25) is 0 Å². The van der Waals surface area contributed by atoms with Crippen LogP contribution in [-0.4, -0.2) is 5.91 Å². The molecule has 0 atom stereocenters. The van der Waals surface area contributed by atoms with Crippen LogP contribution in [0.1, 0.15) is 15.2 Å². The second-order valence-electron chi connectivity index (χ2n) is 4.80. The van der Waals surface area contributed by atoms with Gasteiger partial charge < -0.3 is 5.32 Å². The summed E-state index contributed by atoms with van der Waals surface area (Å²) in [7, 11) is 0. The average Bonchev–Trinajstić information content (AvgIpc) is 2.78. The van der Waals surface area contributed by atoms with Gasteiger partial charge in [0.1, 0.15) is 10.7 Å². The van der Waals surface area contributed by atoms with E-state index in [4.69, 9.17) is 23.2 Å². The Labute approximate surface area is 140 Å². The molecule has 0 saturated heterocycles. The van der Waals surface area contributed by atoms with Gasteiger partial charge in [-0.25, -0.2) is 4.39 Å². The van der Waals surface area contributed by atoms with Crippen molar-refractivity contribution >= 4 is 56.2 Å². The Morgan fingerprint density at radius 2 is 1.95 bits per heavy atom. The number of hydrogen-bond donors (Lipinski definition) is 1. The number of thiophene rings is 1. The van der Waals surface area contributed by atoms with Gasteiger partial charge in [-0.1, -0.05) is 23.2 Å². The fourth-order valence-electron chi connectivity index (χ4n) is 2.13. The number of aryl methyl sites for hydroxylation is 1. The summed E-state index contributed by atoms with van der Waals surface area (Å²) in [4.78, 5) is 12.8. The Morgan fingerprint density at radius 1 is 1.18 bits per heavy atom. The van der Waals surface area contributed by atoms with Crippen molar-refractivity contribution in [3.63, 3.8) is 0 Å². The average molecular weight is 354 g/mol. The summed E-state index contributed by atoms with van der Waals surface area (Å²) in [6.45, 7) is 1.85. The first-order chi connectivity index (χ1) is 10.5. The van der Waals surface area contributed by atoms with Crippen LogP contribution >= 0.6 is 34.5 Å². The normalized spacial score (nSPS) is 10.9. The molecule has 112 valence electrons. The molecule has 0 aliphatic rings. The van der Waals surface area contributed by atoms with E-state index >= 15 is 0 Å². The molecule has 3 rings (SSSR count). The number of hydrogen-bond acceptors (Lipinski definition) is 2. The van der Waals surface area contributed by atoms with Crippen molar-refractivity contribution in [1.29, 1.82) is 0 Å². The summed E-state index contributed by atoms with van der Waals surface area (Å²) >= 11 is 13.3. The largest absolute Gasteiger partial charge is 0.321 e. The molecule has 1 heterocycles. The van der Waals surface area contributed by atoms with Gasteiger partial charge >= 0.3 is 0 Å². The second kappa shape index (κ2) is 5.88. The molecule has 0 bridgehead atoms. The minimum atomic E-state index is -0.356. The fourth-order valence-corrected chi connectivity index (χ4v) is 3.80. The minimum Gasteiger partial charge on any atom is -0.321 e. The molecule has 1 aromatic heterocycles. The molecule has 0 fully saturated rings. The molecule has 0 unspecified atom stereocenters. The lowest BCUT2D eigenvalue weighted by molar-refractivity contribution is 0.103. The van der Waals surface area contributed by atoms with Crippen molar-refractivity contribution in [3.8, 4) is 0 Å². The number of halogens is 3. The molecule has 2 nitrogen and oxygen atoms in total. The van der Waals surface area contributed by atoms with Crippen LogP contribution in [0.25, 0.3) is 10.1 Å². The van der Waals surface area contributed by atoms with Crippen LogP contribution in [0.4, 0.5) is 10.1 Å². The highest BCUT2D eigenvalue weighted by Gasteiger charge is 2.18. The molecule has 0 saturated carbocycles. The van der Waals surface area contributed by atoms with Gasteiger partial charge in [0.15, 0.2) is 0 Å². The highest BCUT2D eigenvalue weighted by molar-refractivity contribution is 7.21. The Bertz CT molecular complexity index is 891. The van der Waals surface area contributed by atoms with E-state index in [1.165, 1.54) is 12.1 Å². The molecular formula is C16H10Cl2FNOS. The van der Waals surface area contributed by atoms with E-state index in [2.05, 4.69) is 5.32 Å². The summed E-state index contributed by atoms with van der Waals surface area (Å²) in [6, 6.07) is 9.47. The zero-order valence-electron chi connectivity index (χ0n) is 11.4. The van der Waals surface area contributed by atoms with E-state index in [0.717, 1.165) is 16.9 Å². The zero-order valence-corrected chi connectivity index (χ0v) is 13.7. The van der Waals surface area contributed by atoms with E-state index in [1.807, 2.05) is 6.92 Å². The number of rotatable bonds is 2. The summed E-state index contributed by atoms with van der Waals surface area (Å²) in [5, 5.41) is 4.42. The SMILES string of the molecule is Cc1cc(Cl)ccc1NC(=O)c1sc2cc(F)ccc2c1Cl. The Hall–Kier alpha value is -1.62. The smallest absolute Gasteiger partial charge is 0.267 e. The molecule has 22 heavy (non-hydrogen) atoms. The molecule has 0 aliphatic heterocycles. The van der Waals surface area contributed by atoms with Crippen LogP contribution < -0.4 is 5.32 Å².